The van der Waals surface area contributed by atoms with Crippen molar-refractivity contribution in [2.75, 3.05) is 190 Å². The molecular formula is C65H117N14O24+. The van der Waals surface area contributed by atoms with Crippen LogP contribution in [0.1, 0.15) is 136 Å². The van der Waals surface area contributed by atoms with E-state index in [1.807, 2.05) is 9.80 Å². The molecule has 0 aromatic carbocycles. The number of aliphatic carboxylic acids is 8. The molecule has 0 radical (unpaired) electrons. The van der Waals surface area contributed by atoms with E-state index in [0.29, 0.717) is 38.9 Å². The number of ether oxygens (including phenoxy) is 1. The summed E-state index contributed by atoms with van der Waals surface area (Å²) in [5.41, 5.74) is -0.660. The van der Waals surface area contributed by atoms with Crippen LogP contribution in [0.3, 0.4) is 0 Å². The van der Waals surface area contributed by atoms with E-state index in [-0.39, 0.29) is 283 Å². The maximum Gasteiger partial charge on any atom is 0.407 e. The van der Waals surface area contributed by atoms with Gasteiger partial charge in [-0.25, -0.2) is 4.79 Å². The standard InChI is InChI=1S/C65H116N14O24/c1-65(2,3)103-64(101)71-22-6-4-5-7-28-72(31-9-51(80)66-23-44-73(29-8-30-79(102)50-49-78(42-20-62(97)98)43-21-63(99)100)33-11-53(82)68-25-46-75(36-14-56(85)86)37-15-57(87)88)32-10-52(81)67-24-45-74(34-12-54(83)69-26-47-76(38-16-58(89)90)39-17-59(91)92)35-13-55(84)70-27-48-77(40-18-60(93)94)41-19-61(95)96/h4-50H2,1-3H3,(H13-,66,67,68,69,70,71,80,81,82,83,84,85,86,87,88,89,90,91,92,93,94,95,96,97,98,99,100,101)/p+1. The average molecular weight is 1480 g/mol. The molecule has 0 aromatic heterocycles. The van der Waals surface area contributed by atoms with Gasteiger partial charge in [-0.2, -0.15) is 0 Å². The summed E-state index contributed by atoms with van der Waals surface area (Å²) in [6, 6.07) is 0. The number of hydrogen-bond donors (Lipinski definition) is 14. The molecule has 0 fully saturated rings. The van der Waals surface area contributed by atoms with Crippen molar-refractivity contribution >= 4 is 83.4 Å². The number of hydrogen-bond acceptors (Lipinski definition) is 23. The van der Waals surface area contributed by atoms with Gasteiger partial charge in [0, 0.05) is 207 Å². The Hall–Kier alpha value is -8.30. The predicted molar refractivity (Wildman–Crippen MR) is 372 cm³/mol. The monoisotopic (exact) mass is 1480 g/mol. The third-order valence-corrected chi connectivity index (χ3v) is 15.8. The molecule has 0 aromatic rings. The molecule has 0 atom stereocenters. The zero-order valence-corrected chi connectivity index (χ0v) is 60.4. The topological polar surface area (TPSA) is 525 Å². The lowest BCUT2D eigenvalue weighted by molar-refractivity contribution is -0.549. The Labute approximate surface area is 601 Å². The number of carboxylic acids is 8. The maximum absolute atomic E-state index is 13.5. The molecule has 38 nitrogen and oxygen atoms in total. The highest BCUT2D eigenvalue weighted by Gasteiger charge is 2.21. The zero-order valence-electron chi connectivity index (χ0n) is 60.4. The van der Waals surface area contributed by atoms with Crippen molar-refractivity contribution in [2.45, 2.75) is 142 Å². The molecule has 0 spiro atoms. The minimum absolute atomic E-state index is 0.0121. The number of rotatable bonds is 68. The van der Waals surface area contributed by atoms with Crippen LogP contribution in [0.2, 0.25) is 0 Å². The van der Waals surface area contributed by atoms with Crippen LogP contribution < -0.4 is 31.9 Å². The molecule has 590 valence electrons. The van der Waals surface area contributed by atoms with E-state index >= 15 is 0 Å². The summed E-state index contributed by atoms with van der Waals surface area (Å²) in [5.74, 6) is -10.3. The largest absolute Gasteiger partial charge is 0.481 e. The number of carbonyl (C=O) groups is 14. The molecule has 0 aliphatic rings. The smallest absolute Gasteiger partial charge is 0.407 e. The second kappa shape index (κ2) is 58.1. The number of alkyl carbamates (subject to hydrolysis) is 1. The molecule has 0 aliphatic heterocycles. The number of unbranched alkanes of at least 4 members (excludes halogenated alkanes) is 3. The van der Waals surface area contributed by atoms with Gasteiger partial charge in [-0.15, -0.1) is 0 Å². The molecule has 0 saturated carbocycles. The lowest BCUT2D eigenvalue weighted by Crippen LogP contribution is -2.41. The highest BCUT2D eigenvalue weighted by molar-refractivity contribution is 5.78. The molecule has 38 heteroatoms. The Morgan fingerprint density at radius 1 is 0.262 bits per heavy atom. The first-order valence-corrected chi connectivity index (χ1v) is 35.2. The first kappa shape index (κ1) is 94.7. The summed E-state index contributed by atoms with van der Waals surface area (Å²) < 4.78 is 6.09. The number of nitrogens with zero attached hydrogens (tertiary/aromatic N) is 8. The van der Waals surface area contributed by atoms with Crippen molar-refractivity contribution in [3.8, 4) is 0 Å². The van der Waals surface area contributed by atoms with Crippen molar-refractivity contribution in [1.82, 2.24) is 66.2 Å². The summed E-state index contributed by atoms with van der Waals surface area (Å²) in [6.45, 7) is 9.56. The Morgan fingerprint density at radius 3 is 0.748 bits per heavy atom. The number of carboxylic acid groups (broad SMARTS) is 8. The van der Waals surface area contributed by atoms with E-state index in [2.05, 4.69) is 31.9 Å². The predicted octanol–water partition coefficient (Wildman–Crippen LogP) is -1.32. The van der Waals surface area contributed by atoms with Gasteiger partial charge in [-0.1, -0.05) is 12.8 Å². The quantitative estimate of drug-likeness (QED) is 0.0248. The Kier molecular flexibility index (Phi) is 53.4. The second-order valence-corrected chi connectivity index (χ2v) is 25.7. The Balaban J connectivity index is 6.23. The number of carbonyl (C=O) groups excluding carboxylic acids is 6. The number of nitroso groups, excluding NO2 is 1. The minimum atomic E-state index is -1.08. The van der Waals surface area contributed by atoms with Crippen LogP contribution in [0, 0.1) is 4.91 Å². The van der Waals surface area contributed by atoms with Crippen LogP contribution in [-0.2, 0) is 67.1 Å². The van der Waals surface area contributed by atoms with E-state index in [9.17, 15) is 72.0 Å². The second-order valence-electron chi connectivity index (χ2n) is 25.7. The van der Waals surface area contributed by atoms with Gasteiger partial charge in [0.05, 0.1) is 57.9 Å². The van der Waals surface area contributed by atoms with E-state index in [1.54, 1.807) is 45.3 Å². The molecule has 0 saturated heterocycles. The van der Waals surface area contributed by atoms with Crippen LogP contribution in [0.15, 0.2) is 0 Å². The van der Waals surface area contributed by atoms with Gasteiger partial charge >= 0.3 is 53.8 Å². The third kappa shape index (κ3) is 62.0. The Morgan fingerprint density at radius 2 is 0.485 bits per heavy atom. The van der Waals surface area contributed by atoms with Gasteiger partial charge in [0.1, 0.15) is 5.60 Å². The van der Waals surface area contributed by atoms with Gasteiger partial charge in [0.2, 0.25) is 36.1 Å². The van der Waals surface area contributed by atoms with Crippen LogP contribution in [0.5, 0.6) is 0 Å². The normalized spacial score (nSPS) is 11.5. The van der Waals surface area contributed by atoms with Crippen molar-refractivity contribution in [2.24, 2.45) is 0 Å². The lowest BCUT2D eigenvalue weighted by Gasteiger charge is -2.24. The lowest BCUT2D eigenvalue weighted by atomic mass is 10.1. The summed E-state index contributed by atoms with van der Waals surface area (Å²) >= 11 is 0. The summed E-state index contributed by atoms with van der Waals surface area (Å²) in [7, 11) is 0. The summed E-state index contributed by atoms with van der Waals surface area (Å²) in [4.78, 5) is 193. The van der Waals surface area contributed by atoms with Crippen molar-refractivity contribution in [3.63, 3.8) is 0 Å². The highest BCUT2D eigenvalue weighted by Crippen LogP contribution is 2.09. The maximum atomic E-state index is 13.5. The van der Waals surface area contributed by atoms with E-state index in [1.165, 1.54) is 0 Å². The summed E-state index contributed by atoms with van der Waals surface area (Å²) in [6.07, 6.45) is 0.672. The van der Waals surface area contributed by atoms with Gasteiger partial charge in [0.25, 0.3) is 0 Å². The number of amides is 6. The minimum Gasteiger partial charge on any atom is -0.481 e. The van der Waals surface area contributed by atoms with Crippen LogP contribution in [-0.4, -0.2) is 359 Å². The van der Waals surface area contributed by atoms with Crippen LogP contribution in [0.4, 0.5) is 4.79 Å². The molecular weight excluding hydrogens is 1360 g/mol. The SMILES string of the molecule is CC(C)(C)OC(=O)NCCCCCCN(CCC(=O)NCCN(CCC[N+](=O)CCN(CCC(=O)O)CCC(=O)O)CCC(=O)NCCN(CCC(=O)O)CCC(=O)O)CCC(=O)NCCN(CCC(=O)NCCN(CCC(=O)O)CCC(=O)O)CCC(=O)NCCN(CCC(=O)O)CCC(=O)O. The fourth-order valence-electron chi connectivity index (χ4n) is 10.0. The fraction of sp³-hybridized carbons (Fsp3) is 0.785. The van der Waals surface area contributed by atoms with Gasteiger partial charge in [-0.3, -0.25) is 67.2 Å². The van der Waals surface area contributed by atoms with Crippen molar-refractivity contribution in [1.29, 1.82) is 0 Å². The number of nitrogens with one attached hydrogen (secondary N) is 6. The first-order chi connectivity index (χ1) is 48.7. The van der Waals surface area contributed by atoms with E-state index < -0.39 is 59.4 Å². The molecule has 0 rings (SSSR count). The van der Waals surface area contributed by atoms with Gasteiger partial charge in [0.15, 0.2) is 6.54 Å². The molecule has 14 N–H and O–H groups in total. The van der Waals surface area contributed by atoms with Crippen molar-refractivity contribution < 1.29 is 117 Å². The van der Waals surface area contributed by atoms with E-state index in [0.717, 1.165) is 17.6 Å². The molecule has 0 unspecified atom stereocenters. The summed E-state index contributed by atoms with van der Waals surface area (Å²) in [5, 5.41) is 90.1. The van der Waals surface area contributed by atoms with Crippen molar-refractivity contribution in [3.05, 3.63) is 4.91 Å². The zero-order chi connectivity index (χ0) is 77.4. The molecule has 0 bridgehead atoms. The fourth-order valence-corrected chi connectivity index (χ4v) is 10.0. The molecule has 0 aliphatic carbocycles. The third-order valence-electron chi connectivity index (χ3n) is 15.8. The van der Waals surface area contributed by atoms with Crippen LogP contribution >= 0.6 is 0 Å². The van der Waals surface area contributed by atoms with Gasteiger partial charge in [-0.05, 0) is 44.9 Å². The molecule has 0 heterocycles. The Bertz CT molecular complexity index is 2470. The van der Waals surface area contributed by atoms with E-state index in [4.69, 9.17) is 45.6 Å². The molecule has 6 amide bonds. The average Bonchev–Trinajstić information content (AvgIpc) is 1.07. The first-order valence-electron chi connectivity index (χ1n) is 35.2. The molecule has 103 heavy (non-hydrogen) atoms. The highest BCUT2D eigenvalue weighted by atomic mass is 16.6. The van der Waals surface area contributed by atoms with Gasteiger partial charge < -0.3 is 107 Å². The van der Waals surface area contributed by atoms with Crippen LogP contribution in [0.25, 0.3) is 0 Å².